The number of aromatic nitrogens is 2. The van der Waals surface area contributed by atoms with E-state index in [1.807, 2.05) is 25.1 Å². The molecule has 0 radical (unpaired) electrons. The molecule has 4 heteroatoms. The van der Waals surface area contributed by atoms with E-state index >= 15 is 0 Å². The van der Waals surface area contributed by atoms with E-state index in [9.17, 15) is 0 Å². The van der Waals surface area contributed by atoms with Crippen LogP contribution >= 0.6 is 0 Å². The van der Waals surface area contributed by atoms with E-state index in [2.05, 4.69) is 21.4 Å². The fraction of sp³-hybridized carbons (Fsp3) is 0.231. The first-order chi connectivity index (χ1) is 8.24. The molecule has 0 aliphatic carbocycles. The Morgan fingerprint density at radius 1 is 1.24 bits per heavy atom. The Bertz CT molecular complexity index is 526. The fourth-order valence-electron chi connectivity index (χ4n) is 1.68. The van der Waals surface area contributed by atoms with Gasteiger partial charge in [-0.2, -0.15) is 0 Å². The minimum absolute atomic E-state index is 0.621. The van der Waals surface area contributed by atoms with Crippen LogP contribution in [0.1, 0.15) is 5.56 Å². The lowest BCUT2D eigenvalue weighted by molar-refractivity contribution is 0.412. The van der Waals surface area contributed by atoms with Crippen molar-refractivity contribution in [1.29, 1.82) is 0 Å². The van der Waals surface area contributed by atoms with E-state index in [1.165, 1.54) is 0 Å². The zero-order chi connectivity index (χ0) is 12.3. The van der Waals surface area contributed by atoms with Crippen molar-refractivity contribution in [3.63, 3.8) is 0 Å². The van der Waals surface area contributed by atoms with Crippen LogP contribution in [0.25, 0.3) is 11.3 Å². The van der Waals surface area contributed by atoms with Gasteiger partial charge in [0.25, 0.3) is 0 Å². The van der Waals surface area contributed by atoms with Crippen LogP contribution in [-0.2, 0) is 0 Å². The molecule has 2 rings (SSSR count). The largest absolute Gasteiger partial charge is 0.496 e. The maximum atomic E-state index is 5.24. The van der Waals surface area contributed by atoms with Gasteiger partial charge in [-0.15, -0.1) is 0 Å². The van der Waals surface area contributed by atoms with E-state index < -0.39 is 0 Å². The Labute approximate surface area is 101 Å². The maximum Gasteiger partial charge on any atom is 0.222 e. The quantitative estimate of drug-likeness (QED) is 0.878. The fourth-order valence-corrected chi connectivity index (χ4v) is 1.68. The van der Waals surface area contributed by atoms with E-state index in [4.69, 9.17) is 4.74 Å². The molecular weight excluding hydrogens is 214 g/mol. The van der Waals surface area contributed by atoms with Gasteiger partial charge in [-0.05, 0) is 36.8 Å². The molecule has 0 unspecified atom stereocenters. The lowest BCUT2D eigenvalue weighted by atomic mass is 10.1. The summed E-state index contributed by atoms with van der Waals surface area (Å²) < 4.78 is 5.24. The summed E-state index contributed by atoms with van der Waals surface area (Å²) in [5, 5.41) is 2.93. The highest BCUT2D eigenvalue weighted by Gasteiger charge is 2.04. The molecule has 0 aliphatic rings. The normalized spacial score (nSPS) is 10.1. The monoisotopic (exact) mass is 229 g/mol. The van der Waals surface area contributed by atoms with Gasteiger partial charge in [0, 0.05) is 18.8 Å². The van der Waals surface area contributed by atoms with Gasteiger partial charge in [-0.1, -0.05) is 0 Å². The average molecular weight is 229 g/mol. The van der Waals surface area contributed by atoms with Crippen LogP contribution in [0.3, 0.4) is 0 Å². The van der Waals surface area contributed by atoms with Gasteiger partial charge in [-0.25, -0.2) is 9.97 Å². The lowest BCUT2D eigenvalue weighted by Crippen LogP contribution is -1.97. The topological polar surface area (TPSA) is 47.0 Å². The summed E-state index contributed by atoms with van der Waals surface area (Å²) in [5.41, 5.74) is 3.05. The number of ether oxygens (including phenoxy) is 1. The van der Waals surface area contributed by atoms with Gasteiger partial charge in [-0.3, -0.25) is 0 Å². The highest BCUT2D eigenvalue weighted by atomic mass is 16.5. The molecule has 1 N–H and O–H groups in total. The molecule has 4 nitrogen and oxygen atoms in total. The third-order valence-electron chi connectivity index (χ3n) is 2.57. The van der Waals surface area contributed by atoms with E-state index in [0.717, 1.165) is 22.6 Å². The highest BCUT2D eigenvalue weighted by molar-refractivity contribution is 5.62. The molecule has 88 valence electrons. The molecule has 1 heterocycles. The molecule has 0 fully saturated rings. The van der Waals surface area contributed by atoms with Crippen molar-refractivity contribution in [2.24, 2.45) is 0 Å². The second-order valence-corrected chi connectivity index (χ2v) is 3.70. The summed E-state index contributed by atoms with van der Waals surface area (Å²) in [6.45, 7) is 2.02. The van der Waals surface area contributed by atoms with Gasteiger partial charge in [0.2, 0.25) is 5.95 Å². The minimum atomic E-state index is 0.621. The van der Waals surface area contributed by atoms with Crippen molar-refractivity contribution in [2.75, 3.05) is 19.5 Å². The van der Waals surface area contributed by atoms with E-state index in [-0.39, 0.29) is 0 Å². The van der Waals surface area contributed by atoms with Crippen LogP contribution in [0, 0.1) is 6.92 Å². The van der Waals surface area contributed by atoms with Gasteiger partial charge in [0.05, 0.1) is 12.8 Å². The zero-order valence-electron chi connectivity index (χ0n) is 10.2. The molecule has 0 saturated carbocycles. The second kappa shape index (κ2) is 4.82. The van der Waals surface area contributed by atoms with Crippen molar-refractivity contribution >= 4 is 5.95 Å². The van der Waals surface area contributed by atoms with Crippen molar-refractivity contribution < 1.29 is 4.74 Å². The summed E-state index contributed by atoms with van der Waals surface area (Å²) in [6.07, 6.45) is 1.74. The zero-order valence-corrected chi connectivity index (χ0v) is 10.2. The molecule has 0 saturated heterocycles. The summed E-state index contributed by atoms with van der Waals surface area (Å²) in [4.78, 5) is 8.49. The molecule has 0 atom stereocenters. The van der Waals surface area contributed by atoms with Gasteiger partial charge < -0.3 is 10.1 Å². The average Bonchev–Trinajstić information content (AvgIpc) is 2.38. The Kier molecular flexibility index (Phi) is 3.23. The molecular formula is C13H15N3O. The summed E-state index contributed by atoms with van der Waals surface area (Å²) in [5.74, 6) is 1.51. The predicted molar refractivity (Wildman–Crippen MR) is 68.3 cm³/mol. The van der Waals surface area contributed by atoms with Crippen LogP contribution < -0.4 is 10.1 Å². The third kappa shape index (κ3) is 2.36. The molecule has 1 aromatic heterocycles. The van der Waals surface area contributed by atoms with Crippen molar-refractivity contribution in [2.45, 2.75) is 6.92 Å². The molecule has 17 heavy (non-hydrogen) atoms. The summed E-state index contributed by atoms with van der Waals surface area (Å²) in [6, 6.07) is 7.89. The van der Waals surface area contributed by atoms with Gasteiger partial charge >= 0.3 is 0 Å². The Morgan fingerprint density at radius 2 is 2.06 bits per heavy atom. The Balaban J connectivity index is 2.42. The van der Waals surface area contributed by atoms with Gasteiger partial charge in [0.15, 0.2) is 0 Å². The lowest BCUT2D eigenvalue weighted by Gasteiger charge is -2.07. The summed E-state index contributed by atoms with van der Waals surface area (Å²) >= 11 is 0. The first kappa shape index (κ1) is 11.4. The number of anilines is 1. The number of rotatable bonds is 3. The first-order valence-corrected chi connectivity index (χ1v) is 5.40. The number of benzene rings is 1. The third-order valence-corrected chi connectivity index (χ3v) is 2.57. The van der Waals surface area contributed by atoms with Crippen LogP contribution in [0.4, 0.5) is 5.95 Å². The van der Waals surface area contributed by atoms with Crippen molar-refractivity contribution in [3.05, 3.63) is 36.0 Å². The predicted octanol–water partition coefficient (Wildman–Crippen LogP) is 2.50. The smallest absolute Gasteiger partial charge is 0.222 e. The molecule has 2 aromatic rings. The number of aryl methyl sites for hydroxylation is 1. The SMILES string of the molecule is CNc1nccc(-c2ccc(OC)c(C)c2)n1. The maximum absolute atomic E-state index is 5.24. The number of methoxy groups -OCH3 is 1. The van der Waals surface area contributed by atoms with Crippen LogP contribution in [0.15, 0.2) is 30.5 Å². The van der Waals surface area contributed by atoms with Crippen molar-refractivity contribution in [3.8, 4) is 17.0 Å². The first-order valence-electron chi connectivity index (χ1n) is 5.40. The second-order valence-electron chi connectivity index (χ2n) is 3.70. The number of hydrogen-bond acceptors (Lipinski definition) is 4. The van der Waals surface area contributed by atoms with Crippen molar-refractivity contribution in [1.82, 2.24) is 9.97 Å². The molecule has 0 spiro atoms. The van der Waals surface area contributed by atoms with Crippen LogP contribution in [-0.4, -0.2) is 24.1 Å². The molecule has 0 amide bonds. The molecule has 0 bridgehead atoms. The minimum Gasteiger partial charge on any atom is -0.496 e. The Morgan fingerprint density at radius 3 is 2.71 bits per heavy atom. The number of nitrogens with one attached hydrogen (secondary N) is 1. The highest BCUT2D eigenvalue weighted by Crippen LogP contribution is 2.24. The van der Waals surface area contributed by atoms with Crippen LogP contribution in [0.2, 0.25) is 0 Å². The number of nitrogens with zero attached hydrogens (tertiary/aromatic N) is 2. The standard InChI is InChI=1S/C13H15N3O/c1-9-8-10(4-5-12(9)17-3)11-6-7-15-13(14-2)16-11/h4-8H,1-3H3,(H,14,15,16). The van der Waals surface area contributed by atoms with E-state index in [0.29, 0.717) is 5.95 Å². The molecule has 0 aliphatic heterocycles. The van der Waals surface area contributed by atoms with Gasteiger partial charge in [0.1, 0.15) is 5.75 Å². The summed E-state index contributed by atoms with van der Waals surface area (Å²) in [7, 11) is 3.48. The van der Waals surface area contributed by atoms with E-state index in [1.54, 1.807) is 20.4 Å². The molecule has 1 aromatic carbocycles. The Hall–Kier alpha value is -2.10. The van der Waals surface area contributed by atoms with Crippen LogP contribution in [0.5, 0.6) is 5.75 Å². The number of hydrogen-bond donors (Lipinski definition) is 1.